The molecule has 0 bridgehead atoms. The molecular weight excluding hydrogens is 336 g/mol. The SMILES string of the molecule is CCNC(=NCc1nnc(C)n1C)NCC(O)c1ccc(Cl)s1. The zero-order chi connectivity index (χ0) is 16.8. The van der Waals surface area contributed by atoms with Crippen molar-refractivity contribution < 1.29 is 5.11 Å². The largest absolute Gasteiger partial charge is 0.386 e. The topological polar surface area (TPSA) is 87.4 Å². The van der Waals surface area contributed by atoms with Crippen LogP contribution in [0.2, 0.25) is 4.34 Å². The number of aliphatic imine (C=N–C) groups is 1. The highest BCUT2D eigenvalue weighted by Crippen LogP contribution is 2.26. The Kier molecular flexibility index (Phi) is 6.37. The number of nitrogens with one attached hydrogen (secondary N) is 2. The summed E-state index contributed by atoms with van der Waals surface area (Å²) in [5.74, 6) is 2.25. The molecule has 2 heterocycles. The molecule has 9 heteroatoms. The predicted molar refractivity (Wildman–Crippen MR) is 92.8 cm³/mol. The molecule has 0 radical (unpaired) electrons. The Morgan fingerprint density at radius 1 is 1.43 bits per heavy atom. The summed E-state index contributed by atoms with van der Waals surface area (Å²) in [4.78, 5) is 5.29. The number of aliphatic hydroxyl groups excluding tert-OH is 1. The second kappa shape index (κ2) is 8.28. The number of aromatic nitrogens is 3. The van der Waals surface area contributed by atoms with Gasteiger partial charge in [0.25, 0.3) is 0 Å². The first-order valence-corrected chi connectivity index (χ1v) is 8.51. The van der Waals surface area contributed by atoms with Gasteiger partial charge in [-0.15, -0.1) is 21.5 Å². The molecule has 3 N–H and O–H groups in total. The summed E-state index contributed by atoms with van der Waals surface area (Å²) in [6, 6.07) is 3.60. The molecule has 0 aliphatic carbocycles. The Morgan fingerprint density at radius 2 is 2.22 bits per heavy atom. The maximum absolute atomic E-state index is 10.2. The molecule has 126 valence electrons. The number of hydrogen-bond acceptors (Lipinski definition) is 5. The fraction of sp³-hybridized carbons (Fsp3) is 0.500. The molecule has 0 amide bonds. The fourth-order valence-corrected chi connectivity index (χ4v) is 2.93. The van der Waals surface area contributed by atoms with E-state index < -0.39 is 6.10 Å². The smallest absolute Gasteiger partial charge is 0.191 e. The first-order chi connectivity index (χ1) is 11.0. The molecule has 2 aromatic rings. The summed E-state index contributed by atoms with van der Waals surface area (Å²) in [5.41, 5.74) is 0. The van der Waals surface area contributed by atoms with Crippen molar-refractivity contribution in [2.45, 2.75) is 26.5 Å². The van der Waals surface area contributed by atoms with Gasteiger partial charge >= 0.3 is 0 Å². The molecule has 0 aromatic carbocycles. The standard InChI is InChI=1S/C14H21ClN6OS/c1-4-16-14(18-8-13-20-19-9(2)21(13)3)17-7-10(22)11-5-6-12(15)23-11/h5-6,10,22H,4,7-8H2,1-3H3,(H2,16,17,18). The molecule has 0 aliphatic heterocycles. The summed E-state index contributed by atoms with van der Waals surface area (Å²) < 4.78 is 2.56. The number of aliphatic hydroxyl groups is 1. The lowest BCUT2D eigenvalue weighted by molar-refractivity contribution is 0.184. The number of guanidine groups is 1. The van der Waals surface area contributed by atoms with Crippen molar-refractivity contribution in [3.8, 4) is 0 Å². The van der Waals surface area contributed by atoms with E-state index in [4.69, 9.17) is 11.6 Å². The van der Waals surface area contributed by atoms with Crippen molar-refractivity contribution in [2.24, 2.45) is 12.0 Å². The summed E-state index contributed by atoms with van der Waals surface area (Å²) in [6.07, 6.45) is -0.631. The zero-order valence-electron chi connectivity index (χ0n) is 13.4. The van der Waals surface area contributed by atoms with Crippen molar-refractivity contribution in [3.63, 3.8) is 0 Å². The molecule has 7 nitrogen and oxygen atoms in total. The van der Waals surface area contributed by atoms with Gasteiger partial charge in [0, 0.05) is 25.0 Å². The van der Waals surface area contributed by atoms with Crippen LogP contribution in [-0.4, -0.2) is 38.9 Å². The van der Waals surface area contributed by atoms with Crippen LogP contribution in [0.25, 0.3) is 0 Å². The summed E-state index contributed by atoms with van der Waals surface area (Å²) >= 11 is 7.26. The van der Waals surface area contributed by atoms with E-state index in [-0.39, 0.29) is 0 Å². The highest BCUT2D eigenvalue weighted by atomic mass is 35.5. The van der Waals surface area contributed by atoms with Crippen LogP contribution in [0.15, 0.2) is 17.1 Å². The second-order valence-electron chi connectivity index (χ2n) is 4.96. The van der Waals surface area contributed by atoms with E-state index in [1.54, 1.807) is 6.07 Å². The highest BCUT2D eigenvalue weighted by Gasteiger charge is 2.11. The number of hydrogen-bond donors (Lipinski definition) is 3. The van der Waals surface area contributed by atoms with Gasteiger partial charge in [0.15, 0.2) is 11.8 Å². The first-order valence-electron chi connectivity index (χ1n) is 7.31. The number of aryl methyl sites for hydroxylation is 1. The third kappa shape index (κ3) is 4.92. The normalized spacial score (nSPS) is 13.2. The maximum atomic E-state index is 10.2. The molecule has 23 heavy (non-hydrogen) atoms. The molecule has 2 aromatic heterocycles. The number of rotatable bonds is 6. The van der Waals surface area contributed by atoms with Gasteiger partial charge in [0.2, 0.25) is 0 Å². The summed E-state index contributed by atoms with van der Waals surface area (Å²) in [7, 11) is 1.91. The van der Waals surface area contributed by atoms with Crippen LogP contribution in [0.1, 0.15) is 29.6 Å². The van der Waals surface area contributed by atoms with Crippen LogP contribution in [0, 0.1) is 6.92 Å². The van der Waals surface area contributed by atoms with E-state index >= 15 is 0 Å². The van der Waals surface area contributed by atoms with Crippen LogP contribution < -0.4 is 10.6 Å². The third-order valence-electron chi connectivity index (χ3n) is 3.29. The lowest BCUT2D eigenvalue weighted by Crippen LogP contribution is -2.39. The lowest BCUT2D eigenvalue weighted by atomic mass is 10.3. The molecule has 2 rings (SSSR count). The quantitative estimate of drug-likeness (QED) is 0.541. The van der Waals surface area contributed by atoms with Gasteiger partial charge in [-0.1, -0.05) is 11.6 Å². The molecule has 0 saturated heterocycles. The second-order valence-corrected chi connectivity index (χ2v) is 6.70. The van der Waals surface area contributed by atoms with Gasteiger partial charge in [-0.2, -0.15) is 0 Å². The average molecular weight is 357 g/mol. The number of nitrogens with zero attached hydrogens (tertiary/aromatic N) is 4. The maximum Gasteiger partial charge on any atom is 0.191 e. The first kappa shape index (κ1) is 17.7. The van der Waals surface area contributed by atoms with E-state index in [1.165, 1.54) is 11.3 Å². The van der Waals surface area contributed by atoms with Crippen molar-refractivity contribution in [3.05, 3.63) is 33.0 Å². The van der Waals surface area contributed by atoms with Gasteiger partial charge in [0.1, 0.15) is 18.5 Å². The highest BCUT2D eigenvalue weighted by molar-refractivity contribution is 7.16. The molecule has 0 fully saturated rings. The van der Waals surface area contributed by atoms with Crippen molar-refractivity contribution in [1.82, 2.24) is 25.4 Å². The van der Waals surface area contributed by atoms with Gasteiger partial charge in [-0.05, 0) is 26.0 Å². The van der Waals surface area contributed by atoms with Gasteiger partial charge in [0.05, 0.1) is 4.34 Å². The van der Waals surface area contributed by atoms with Crippen LogP contribution in [0.3, 0.4) is 0 Å². The molecule has 0 aliphatic rings. The fourth-order valence-electron chi connectivity index (χ4n) is 1.88. The molecule has 0 saturated carbocycles. The van der Waals surface area contributed by atoms with E-state index in [0.717, 1.165) is 23.1 Å². The molecule has 1 unspecified atom stereocenters. The van der Waals surface area contributed by atoms with Gasteiger partial charge in [-0.3, -0.25) is 0 Å². The van der Waals surface area contributed by atoms with Gasteiger partial charge in [-0.25, -0.2) is 4.99 Å². The van der Waals surface area contributed by atoms with Crippen LogP contribution >= 0.6 is 22.9 Å². The summed E-state index contributed by atoms with van der Waals surface area (Å²) in [6.45, 7) is 5.37. The van der Waals surface area contributed by atoms with Crippen molar-refractivity contribution in [1.29, 1.82) is 0 Å². The summed E-state index contributed by atoms with van der Waals surface area (Å²) in [5, 5.41) is 24.5. The van der Waals surface area contributed by atoms with Gasteiger partial charge < -0.3 is 20.3 Å². The van der Waals surface area contributed by atoms with E-state index in [0.29, 0.717) is 23.4 Å². The zero-order valence-corrected chi connectivity index (χ0v) is 14.9. The molecule has 0 spiro atoms. The van der Waals surface area contributed by atoms with E-state index in [2.05, 4.69) is 25.8 Å². The van der Waals surface area contributed by atoms with E-state index in [1.807, 2.05) is 31.5 Å². The van der Waals surface area contributed by atoms with Crippen molar-refractivity contribution in [2.75, 3.05) is 13.1 Å². The Bertz CT molecular complexity index is 668. The Morgan fingerprint density at radius 3 is 2.78 bits per heavy atom. The monoisotopic (exact) mass is 356 g/mol. The average Bonchev–Trinajstić information content (AvgIpc) is 3.10. The molecular formula is C14H21ClN6OS. The van der Waals surface area contributed by atoms with E-state index in [9.17, 15) is 5.11 Å². The third-order valence-corrected chi connectivity index (χ3v) is 4.62. The number of halogens is 1. The Balaban J connectivity index is 1.95. The predicted octanol–water partition coefficient (Wildman–Crippen LogP) is 1.63. The minimum absolute atomic E-state index is 0.348. The van der Waals surface area contributed by atoms with Crippen LogP contribution in [0.5, 0.6) is 0 Å². The minimum atomic E-state index is -0.631. The molecule has 1 atom stereocenters. The van der Waals surface area contributed by atoms with Crippen LogP contribution in [0.4, 0.5) is 0 Å². The minimum Gasteiger partial charge on any atom is -0.386 e. The van der Waals surface area contributed by atoms with Crippen molar-refractivity contribution >= 4 is 28.9 Å². The Labute approximate surface area is 144 Å². The van der Waals surface area contributed by atoms with Crippen LogP contribution in [-0.2, 0) is 13.6 Å². The number of thiophene rings is 1. The lowest BCUT2D eigenvalue weighted by Gasteiger charge is -2.14. The Hall–Kier alpha value is -1.64.